The number of imidazole rings is 1. The average Bonchev–Trinajstić information content (AvgIpc) is 2.79. The number of benzene rings is 1. The minimum Gasteiger partial charge on any atom is -0.296 e. The Balaban J connectivity index is 2.38. The molecule has 0 radical (unpaired) electrons. The molecule has 3 rings (SSSR count). The van der Waals surface area contributed by atoms with E-state index in [-0.39, 0.29) is 0 Å². The first-order valence-corrected chi connectivity index (χ1v) is 6.69. The molecule has 0 spiro atoms. The molecule has 3 aromatic rings. The highest BCUT2D eigenvalue weighted by Gasteiger charge is 2.13. The number of halogens is 1. The zero-order valence-electron chi connectivity index (χ0n) is 10.3. The topological polar surface area (TPSA) is 34.4 Å². The molecule has 0 bridgehead atoms. The number of carbonyl (C=O) groups excluding carboxylic acids is 1. The third kappa shape index (κ3) is 1.98. The van der Waals surface area contributed by atoms with Crippen molar-refractivity contribution >= 4 is 27.7 Å². The van der Waals surface area contributed by atoms with Gasteiger partial charge >= 0.3 is 0 Å². The first kappa shape index (κ1) is 12.1. The van der Waals surface area contributed by atoms with E-state index in [1.54, 1.807) is 0 Å². The quantitative estimate of drug-likeness (QED) is 0.531. The third-order valence-corrected chi connectivity index (χ3v) is 3.65. The van der Waals surface area contributed by atoms with Crippen molar-refractivity contribution < 1.29 is 4.79 Å². The smallest absolute Gasteiger partial charge is 0.170 e. The van der Waals surface area contributed by atoms with Crippen molar-refractivity contribution in [3.05, 3.63) is 58.3 Å². The molecule has 0 aliphatic rings. The summed E-state index contributed by atoms with van der Waals surface area (Å²) in [6.07, 6.45) is 0.793. The Hall–Kier alpha value is -1.94. The van der Waals surface area contributed by atoms with E-state index in [1.165, 1.54) is 0 Å². The number of aryl methyl sites for hydroxylation is 1. The van der Waals surface area contributed by atoms with Crippen LogP contribution in [0.5, 0.6) is 0 Å². The molecule has 0 fully saturated rings. The number of carbonyl (C=O) groups is 1. The minimum atomic E-state index is 0.456. The van der Waals surface area contributed by atoms with Gasteiger partial charge < -0.3 is 0 Å². The first-order chi connectivity index (χ1) is 9.20. The molecule has 0 unspecified atom stereocenters. The van der Waals surface area contributed by atoms with Gasteiger partial charge in [-0.05, 0) is 41.1 Å². The molecule has 19 heavy (non-hydrogen) atoms. The fourth-order valence-electron chi connectivity index (χ4n) is 2.18. The molecule has 0 N–H and O–H groups in total. The van der Waals surface area contributed by atoms with Crippen LogP contribution in [0.3, 0.4) is 0 Å². The van der Waals surface area contributed by atoms with Crippen molar-refractivity contribution in [2.45, 2.75) is 6.92 Å². The Morgan fingerprint density at radius 2 is 2.00 bits per heavy atom. The van der Waals surface area contributed by atoms with Gasteiger partial charge in [0, 0.05) is 5.56 Å². The van der Waals surface area contributed by atoms with Crippen LogP contribution in [-0.2, 0) is 0 Å². The van der Waals surface area contributed by atoms with E-state index in [9.17, 15) is 4.79 Å². The standard InChI is InChI=1S/C15H11BrN2O/c1-10-4-2-5-11(8-10)15-17-12(9-19)13-6-3-7-14(16)18(13)15/h2-9H,1H3. The molecule has 1 aromatic carbocycles. The molecular weight excluding hydrogens is 304 g/mol. The monoisotopic (exact) mass is 314 g/mol. The van der Waals surface area contributed by atoms with E-state index >= 15 is 0 Å². The third-order valence-electron chi connectivity index (χ3n) is 3.03. The molecule has 2 aromatic heterocycles. The maximum absolute atomic E-state index is 11.2. The summed E-state index contributed by atoms with van der Waals surface area (Å²) in [5, 5.41) is 0. The van der Waals surface area contributed by atoms with Gasteiger partial charge in [0.1, 0.15) is 11.5 Å². The van der Waals surface area contributed by atoms with Gasteiger partial charge in [0.15, 0.2) is 6.29 Å². The summed E-state index contributed by atoms with van der Waals surface area (Å²) in [4.78, 5) is 15.6. The molecular formula is C15H11BrN2O. The Morgan fingerprint density at radius 3 is 2.74 bits per heavy atom. The van der Waals surface area contributed by atoms with Gasteiger partial charge in [0.05, 0.1) is 10.1 Å². The Labute approximate surface area is 119 Å². The van der Waals surface area contributed by atoms with E-state index < -0.39 is 0 Å². The van der Waals surface area contributed by atoms with E-state index in [2.05, 4.69) is 27.0 Å². The minimum absolute atomic E-state index is 0.456. The summed E-state index contributed by atoms with van der Waals surface area (Å²) in [5.74, 6) is 0.772. The number of hydrogen-bond donors (Lipinski definition) is 0. The summed E-state index contributed by atoms with van der Waals surface area (Å²) in [7, 11) is 0. The lowest BCUT2D eigenvalue weighted by atomic mass is 10.1. The van der Waals surface area contributed by atoms with Crippen molar-refractivity contribution in [3.8, 4) is 11.4 Å². The van der Waals surface area contributed by atoms with Gasteiger partial charge in [-0.25, -0.2) is 4.98 Å². The number of aromatic nitrogens is 2. The zero-order valence-corrected chi connectivity index (χ0v) is 11.9. The lowest BCUT2D eigenvalue weighted by molar-refractivity contribution is 0.112. The number of aldehydes is 1. The van der Waals surface area contributed by atoms with Crippen LogP contribution in [0.15, 0.2) is 47.1 Å². The van der Waals surface area contributed by atoms with Crippen LogP contribution in [0.4, 0.5) is 0 Å². The molecule has 0 amide bonds. The van der Waals surface area contributed by atoms with E-state index in [1.807, 2.05) is 47.7 Å². The second-order valence-electron chi connectivity index (χ2n) is 4.38. The van der Waals surface area contributed by atoms with Crippen LogP contribution in [0.25, 0.3) is 16.9 Å². The van der Waals surface area contributed by atoms with Crippen molar-refractivity contribution in [1.82, 2.24) is 9.38 Å². The summed E-state index contributed by atoms with van der Waals surface area (Å²) < 4.78 is 2.82. The average molecular weight is 315 g/mol. The second-order valence-corrected chi connectivity index (χ2v) is 5.19. The Kier molecular flexibility index (Phi) is 2.95. The Morgan fingerprint density at radius 1 is 1.21 bits per heavy atom. The highest BCUT2D eigenvalue weighted by Crippen LogP contribution is 2.26. The van der Waals surface area contributed by atoms with E-state index in [4.69, 9.17) is 0 Å². The fourth-order valence-corrected chi connectivity index (χ4v) is 2.70. The van der Waals surface area contributed by atoms with Crippen LogP contribution >= 0.6 is 15.9 Å². The van der Waals surface area contributed by atoms with Crippen LogP contribution in [0.2, 0.25) is 0 Å². The lowest BCUT2D eigenvalue weighted by Gasteiger charge is -2.04. The SMILES string of the molecule is Cc1cccc(-c2nc(C=O)c3cccc(Br)n23)c1. The maximum atomic E-state index is 11.2. The van der Waals surface area contributed by atoms with Gasteiger partial charge in [0.2, 0.25) is 0 Å². The van der Waals surface area contributed by atoms with Crippen LogP contribution < -0.4 is 0 Å². The van der Waals surface area contributed by atoms with Crippen LogP contribution in [0.1, 0.15) is 16.1 Å². The van der Waals surface area contributed by atoms with Crippen molar-refractivity contribution in [1.29, 1.82) is 0 Å². The van der Waals surface area contributed by atoms with Gasteiger partial charge in [-0.1, -0.05) is 29.8 Å². The Bertz CT molecular complexity index is 777. The summed E-state index contributed by atoms with van der Waals surface area (Å²) in [5.41, 5.74) is 3.42. The number of rotatable bonds is 2. The van der Waals surface area contributed by atoms with Crippen molar-refractivity contribution in [3.63, 3.8) is 0 Å². The number of fused-ring (bicyclic) bond motifs is 1. The molecule has 0 saturated heterocycles. The highest BCUT2D eigenvalue weighted by atomic mass is 79.9. The molecule has 94 valence electrons. The predicted molar refractivity (Wildman–Crippen MR) is 78.5 cm³/mol. The first-order valence-electron chi connectivity index (χ1n) is 5.90. The van der Waals surface area contributed by atoms with Gasteiger partial charge in [-0.2, -0.15) is 0 Å². The van der Waals surface area contributed by atoms with Crippen molar-refractivity contribution in [2.24, 2.45) is 0 Å². The molecule has 4 heteroatoms. The summed E-state index contributed by atoms with van der Waals surface area (Å²) >= 11 is 3.51. The normalized spacial score (nSPS) is 10.8. The fraction of sp³-hybridized carbons (Fsp3) is 0.0667. The summed E-state index contributed by atoms with van der Waals surface area (Å²) in [6, 6.07) is 13.8. The molecule has 0 atom stereocenters. The van der Waals surface area contributed by atoms with E-state index in [0.29, 0.717) is 5.69 Å². The number of pyridine rings is 1. The van der Waals surface area contributed by atoms with Gasteiger partial charge in [-0.15, -0.1) is 0 Å². The van der Waals surface area contributed by atoms with Gasteiger partial charge in [0.25, 0.3) is 0 Å². The van der Waals surface area contributed by atoms with Crippen LogP contribution in [-0.4, -0.2) is 15.7 Å². The lowest BCUT2D eigenvalue weighted by Crippen LogP contribution is -1.91. The number of hydrogen-bond acceptors (Lipinski definition) is 2. The molecule has 0 aliphatic carbocycles. The highest BCUT2D eigenvalue weighted by molar-refractivity contribution is 9.10. The van der Waals surface area contributed by atoms with Gasteiger partial charge in [-0.3, -0.25) is 9.20 Å². The van der Waals surface area contributed by atoms with Crippen molar-refractivity contribution in [2.75, 3.05) is 0 Å². The molecule has 2 heterocycles. The second kappa shape index (κ2) is 4.63. The van der Waals surface area contributed by atoms with E-state index in [0.717, 1.165) is 33.4 Å². The molecule has 0 saturated carbocycles. The number of nitrogens with zero attached hydrogens (tertiary/aromatic N) is 2. The molecule has 0 aliphatic heterocycles. The maximum Gasteiger partial charge on any atom is 0.170 e. The largest absolute Gasteiger partial charge is 0.296 e. The van der Waals surface area contributed by atoms with Crippen LogP contribution in [0, 0.1) is 6.92 Å². The molecule has 3 nitrogen and oxygen atoms in total. The predicted octanol–water partition coefficient (Wildman–Crippen LogP) is 3.88. The zero-order chi connectivity index (χ0) is 13.4. The summed E-state index contributed by atoms with van der Waals surface area (Å²) in [6.45, 7) is 2.04.